The lowest BCUT2D eigenvalue weighted by Gasteiger charge is -2.38. The molecule has 2 fully saturated rings. The van der Waals surface area contributed by atoms with E-state index in [0.717, 1.165) is 31.1 Å². The highest BCUT2D eigenvalue weighted by Gasteiger charge is 2.32. The summed E-state index contributed by atoms with van der Waals surface area (Å²) in [7, 11) is 0. The largest absolute Gasteiger partial charge is 0.481 e. The summed E-state index contributed by atoms with van der Waals surface area (Å²) in [5.41, 5.74) is 1.12. The summed E-state index contributed by atoms with van der Waals surface area (Å²) in [6.07, 6.45) is 3.39. The number of carboxylic acid groups (broad SMARTS) is 1. The number of anilines is 1. The molecule has 108 valence electrons. The van der Waals surface area contributed by atoms with Crippen LogP contribution < -0.4 is 10.2 Å². The van der Waals surface area contributed by atoms with E-state index in [1.807, 2.05) is 18.2 Å². The molecule has 0 aromatic heterocycles. The minimum Gasteiger partial charge on any atom is -0.481 e. The van der Waals surface area contributed by atoms with Gasteiger partial charge >= 0.3 is 5.97 Å². The fourth-order valence-corrected chi connectivity index (χ4v) is 2.93. The summed E-state index contributed by atoms with van der Waals surface area (Å²) in [6.45, 7) is 2.56. The molecule has 1 saturated carbocycles. The zero-order valence-electron chi connectivity index (χ0n) is 11.7. The number of para-hydroxylation sites is 1. The number of nitrogens with one attached hydrogen (secondary N) is 1. The predicted octanol–water partition coefficient (Wildman–Crippen LogP) is 1.97. The van der Waals surface area contributed by atoms with Gasteiger partial charge in [0.25, 0.3) is 0 Å². The molecule has 0 bridgehead atoms. The van der Waals surface area contributed by atoms with E-state index in [9.17, 15) is 9.90 Å². The average Bonchev–Trinajstić information content (AvgIpc) is 3.30. The Balaban J connectivity index is 1.67. The Labute approximate surface area is 119 Å². The Morgan fingerprint density at radius 2 is 2.00 bits per heavy atom. The predicted molar refractivity (Wildman–Crippen MR) is 78.9 cm³/mol. The third-order valence-corrected chi connectivity index (χ3v) is 4.31. The number of aliphatic carboxylic acids is 1. The van der Waals surface area contributed by atoms with Gasteiger partial charge in [0.1, 0.15) is 0 Å². The molecule has 0 spiro atoms. The minimum atomic E-state index is -0.677. The maximum Gasteiger partial charge on any atom is 0.308 e. The normalized spacial score (nSPS) is 26.5. The van der Waals surface area contributed by atoms with Crippen molar-refractivity contribution in [2.75, 3.05) is 24.5 Å². The van der Waals surface area contributed by atoms with Gasteiger partial charge in [0, 0.05) is 24.8 Å². The monoisotopic (exact) mass is 274 g/mol. The van der Waals surface area contributed by atoms with Crippen LogP contribution in [-0.2, 0) is 4.79 Å². The van der Waals surface area contributed by atoms with Crippen molar-refractivity contribution in [2.24, 2.45) is 11.8 Å². The highest BCUT2D eigenvalue weighted by molar-refractivity contribution is 5.71. The van der Waals surface area contributed by atoms with Crippen molar-refractivity contribution >= 4 is 11.7 Å². The standard InChI is InChI=1S/C16H22N2O2/c19-16(20)13-8-14(17-9-12-6-7-12)11-18(10-13)15-4-2-1-3-5-15/h1-5,12-14,17H,6-11H2,(H,19,20). The molecule has 2 unspecified atom stereocenters. The van der Waals surface area contributed by atoms with Gasteiger partial charge in [-0.1, -0.05) is 18.2 Å². The first-order chi connectivity index (χ1) is 9.72. The molecule has 0 amide bonds. The Kier molecular flexibility index (Phi) is 3.92. The van der Waals surface area contributed by atoms with Crippen molar-refractivity contribution < 1.29 is 9.90 Å². The summed E-state index contributed by atoms with van der Waals surface area (Å²) < 4.78 is 0. The van der Waals surface area contributed by atoms with Crippen molar-refractivity contribution in [1.82, 2.24) is 5.32 Å². The van der Waals surface area contributed by atoms with E-state index in [0.29, 0.717) is 6.54 Å². The molecule has 2 atom stereocenters. The lowest BCUT2D eigenvalue weighted by Crippen LogP contribution is -2.51. The zero-order chi connectivity index (χ0) is 13.9. The van der Waals surface area contributed by atoms with E-state index < -0.39 is 5.97 Å². The Bertz CT molecular complexity index is 459. The Morgan fingerprint density at radius 1 is 1.25 bits per heavy atom. The number of hydrogen-bond donors (Lipinski definition) is 2. The molecule has 3 rings (SSSR count). The molecule has 1 aliphatic carbocycles. The van der Waals surface area contributed by atoms with Crippen LogP contribution in [0.4, 0.5) is 5.69 Å². The Morgan fingerprint density at radius 3 is 2.65 bits per heavy atom. The minimum absolute atomic E-state index is 0.277. The van der Waals surface area contributed by atoms with Gasteiger partial charge in [0.2, 0.25) is 0 Å². The number of nitrogens with zero attached hydrogens (tertiary/aromatic N) is 1. The Hall–Kier alpha value is -1.55. The molecule has 1 saturated heterocycles. The molecule has 1 aromatic rings. The number of rotatable bonds is 5. The molecule has 2 N–H and O–H groups in total. The highest BCUT2D eigenvalue weighted by atomic mass is 16.4. The van der Waals surface area contributed by atoms with Gasteiger partial charge < -0.3 is 15.3 Å². The third-order valence-electron chi connectivity index (χ3n) is 4.31. The van der Waals surface area contributed by atoms with Crippen molar-refractivity contribution in [3.8, 4) is 0 Å². The lowest BCUT2D eigenvalue weighted by atomic mass is 9.93. The van der Waals surface area contributed by atoms with E-state index >= 15 is 0 Å². The van der Waals surface area contributed by atoms with E-state index in [-0.39, 0.29) is 12.0 Å². The molecule has 2 aliphatic rings. The molecule has 1 heterocycles. The average molecular weight is 274 g/mol. The van der Waals surface area contributed by atoms with Crippen molar-refractivity contribution in [3.05, 3.63) is 30.3 Å². The van der Waals surface area contributed by atoms with Gasteiger partial charge in [0.15, 0.2) is 0 Å². The first-order valence-electron chi connectivity index (χ1n) is 7.48. The van der Waals surface area contributed by atoms with Crippen molar-refractivity contribution in [3.63, 3.8) is 0 Å². The highest BCUT2D eigenvalue weighted by Crippen LogP contribution is 2.29. The summed E-state index contributed by atoms with van der Waals surface area (Å²) in [5.74, 6) is -0.130. The smallest absolute Gasteiger partial charge is 0.308 e. The van der Waals surface area contributed by atoms with Crippen LogP contribution in [0, 0.1) is 11.8 Å². The first-order valence-corrected chi connectivity index (χ1v) is 7.48. The van der Waals surface area contributed by atoms with E-state index in [2.05, 4.69) is 22.3 Å². The van der Waals surface area contributed by atoms with Gasteiger partial charge in [-0.25, -0.2) is 0 Å². The van der Waals surface area contributed by atoms with E-state index in [4.69, 9.17) is 0 Å². The van der Waals surface area contributed by atoms with Crippen molar-refractivity contribution in [1.29, 1.82) is 0 Å². The van der Waals surface area contributed by atoms with Gasteiger partial charge in [0.05, 0.1) is 5.92 Å². The number of carbonyl (C=O) groups is 1. The fourth-order valence-electron chi connectivity index (χ4n) is 2.93. The van der Waals surface area contributed by atoms with Crippen molar-refractivity contribution in [2.45, 2.75) is 25.3 Å². The zero-order valence-corrected chi connectivity index (χ0v) is 11.7. The number of carboxylic acids is 1. The lowest BCUT2D eigenvalue weighted by molar-refractivity contribution is -0.142. The molecule has 20 heavy (non-hydrogen) atoms. The summed E-state index contributed by atoms with van der Waals surface area (Å²) in [4.78, 5) is 13.6. The van der Waals surface area contributed by atoms with Crippen LogP contribution in [0.5, 0.6) is 0 Å². The molecule has 0 radical (unpaired) electrons. The van der Waals surface area contributed by atoms with Crippen LogP contribution in [0.15, 0.2) is 30.3 Å². The molecular formula is C16H22N2O2. The molecule has 1 aliphatic heterocycles. The van der Waals surface area contributed by atoms with E-state index in [1.54, 1.807) is 0 Å². The maximum atomic E-state index is 11.4. The third kappa shape index (κ3) is 3.31. The number of hydrogen-bond acceptors (Lipinski definition) is 3. The van der Waals surface area contributed by atoms with Crippen LogP contribution in [-0.4, -0.2) is 36.8 Å². The van der Waals surface area contributed by atoms with Crippen LogP contribution in [0.25, 0.3) is 0 Å². The second kappa shape index (κ2) is 5.83. The summed E-state index contributed by atoms with van der Waals surface area (Å²) in [6, 6.07) is 10.4. The SMILES string of the molecule is O=C(O)C1CC(NCC2CC2)CN(c2ccccc2)C1. The molecule has 4 nitrogen and oxygen atoms in total. The maximum absolute atomic E-state index is 11.4. The van der Waals surface area contributed by atoms with Crippen LogP contribution >= 0.6 is 0 Å². The topological polar surface area (TPSA) is 52.6 Å². The molecule has 1 aromatic carbocycles. The van der Waals surface area contributed by atoms with Gasteiger partial charge in [-0.05, 0) is 43.9 Å². The van der Waals surface area contributed by atoms with Crippen LogP contribution in [0.1, 0.15) is 19.3 Å². The van der Waals surface area contributed by atoms with Gasteiger partial charge in [-0.15, -0.1) is 0 Å². The second-order valence-electron chi connectivity index (χ2n) is 6.06. The molecule has 4 heteroatoms. The van der Waals surface area contributed by atoms with Crippen LogP contribution in [0.2, 0.25) is 0 Å². The first kappa shape index (κ1) is 13.4. The molecular weight excluding hydrogens is 252 g/mol. The van der Waals surface area contributed by atoms with Gasteiger partial charge in [-0.3, -0.25) is 4.79 Å². The summed E-state index contributed by atoms with van der Waals surface area (Å²) in [5, 5.41) is 12.9. The number of benzene rings is 1. The van der Waals surface area contributed by atoms with Gasteiger partial charge in [-0.2, -0.15) is 0 Å². The fraction of sp³-hybridized carbons (Fsp3) is 0.562. The summed E-state index contributed by atoms with van der Waals surface area (Å²) >= 11 is 0. The quantitative estimate of drug-likeness (QED) is 0.862. The number of piperidine rings is 1. The van der Waals surface area contributed by atoms with E-state index in [1.165, 1.54) is 12.8 Å². The van der Waals surface area contributed by atoms with Crippen LogP contribution in [0.3, 0.4) is 0 Å². The second-order valence-corrected chi connectivity index (χ2v) is 6.06.